The number of aliphatic hydroxyl groups excluding tert-OH is 1. The molecule has 1 unspecified atom stereocenters. The Balaban J connectivity index is 2.03. The Hall–Kier alpha value is -1.12. The second-order valence-corrected chi connectivity index (χ2v) is 6.47. The molecule has 0 saturated carbocycles. The van der Waals surface area contributed by atoms with Crippen molar-refractivity contribution in [2.24, 2.45) is 0 Å². The minimum absolute atomic E-state index is 0.379. The lowest BCUT2D eigenvalue weighted by Crippen LogP contribution is -1.99. The van der Waals surface area contributed by atoms with Crippen molar-refractivity contribution in [1.29, 1.82) is 0 Å². The lowest BCUT2D eigenvalue weighted by molar-refractivity contribution is 0.182. The molecule has 1 aromatic carbocycles. The van der Waals surface area contributed by atoms with E-state index in [0.717, 1.165) is 11.3 Å². The van der Waals surface area contributed by atoms with Crippen molar-refractivity contribution in [2.75, 3.05) is 0 Å². The first-order valence-corrected chi connectivity index (χ1v) is 7.77. The third kappa shape index (κ3) is 3.68. The maximum atomic E-state index is 10.3. The van der Waals surface area contributed by atoms with Gasteiger partial charge in [0.15, 0.2) is 0 Å². The van der Waals surface area contributed by atoms with Crippen LogP contribution in [0.2, 0.25) is 0 Å². The molecule has 1 atom stereocenters. The monoisotopic (exact) mass is 274 g/mol. The van der Waals surface area contributed by atoms with Crippen molar-refractivity contribution in [2.45, 2.75) is 45.6 Å². The number of benzene rings is 1. The summed E-state index contributed by atoms with van der Waals surface area (Å²) in [6.45, 7) is 6.54. The van der Waals surface area contributed by atoms with Crippen LogP contribution in [0.3, 0.4) is 0 Å². The molecule has 0 aliphatic carbocycles. The van der Waals surface area contributed by atoms with E-state index in [1.165, 1.54) is 16.0 Å². The van der Waals surface area contributed by atoms with Gasteiger partial charge in [0.05, 0.1) is 6.10 Å². The summed E-state index contributed by atoms with van der Waals surface area (Å²) < 4.78 is 0. The minimum Gasteiger partial charge on any atom is -0.387 e. The zero-order chi connectivity index (χ0) is 13.8. The van der Waals surface area contributed by atoms with E-state index in [2.05, 4.69) is 57.2 Å². The van der Waals surface area contributed by atoms with Crippen LogP contribution in [0.1, 0.15) is 53.7 Å². The van der Waals surface area contributed by atoms with Gasteiger partial charge in [-0.05, 0) is 35.6 Å². The van der Waals surface area contributed by atoms with Crippen LogP contribution in [0.15, 0.2) is 36.4 Å². The van der Waals surface area contributed by atoms with Gasteiger partial charge in [-0.15, -0.1) is 11.3 Å². The zero-order valence-electron chi connectivity index (χ0n) is 11.9. The van der Waals surface area contributed by atoms with E-state index < -0.39 is 0 Å². The molecule has 0 radical (unpaired) electrons. The summed E-state index contributed by atoms with van der Waals surface area (Å²) in [7, 11) is 0. The molecule has 0 spiro atoms. The second kappa shape index (κ2) is 6.36. The predicted molar refractivity (Wildman–Crippen MR) is 82.9 cm³/mol. The molecule has 0 fully saturated rings. The van der Waals surface area contributed by atoms with Gasteiger partial charge in [-0.3, -0.25) is 0 Å². The van der Waals surface area contributed by atoms with E-state index in [9.17, 15) is 5.11 Å². The molecule has 102 valence electrons. The van der Waals surface area contributed by atoms with Gasteiger partial charge in [0.2, 0.25) is 0 Å². The molecule has 2 heteroatoms. The number of aryl methyl sites for hydroxylation is 1. The Bertz CT molecular complexity index is 510. The first-order valence-electron chi connectivity index (χ1n) is 6.95. The number of hydrogen-bond donors (Lipinski definition) is 1. The minimum atomic E-state index is -0.379. The third-order valence-corrected chi connectivity index (χ3v) is 4.77. The fourth-order valence-corrected chi connectivity index (χ4v) is 3.06. The molecule has 2 rings (SSSR count). The van der Waals surface area contributed by atoms with Gasteiger partial charge in [0.25, 0.3) is 0 Å². The summed E-state index contributed by atoms with van der Waals surface area (Å²) in [6.07, 6.45) is 1.36. The van der Waals surface area contributed by atoms with Crippen molar-refractivity contribution in [1.82, 2.24) is 0 Å². The maximum absolute atomic E-state index is 10.3. The molecule has 0 amide bonds. The largest absolute Gasteiger partial charge is 0.387 e. The normalized spacial score (nSPS) is 12.9. The SMILES string of the molecule is CCc1ccc(C(O)Cc2ccc(C(C)C)cc2)s1. The fraction of sp³-hybridized carbons (Fsp3) is 0.412. The van der Waals surface area contributed by atoms with E-state index in [1.807, 2.05) is 0 Å². The highest BCUT2D eigenvalue weighted by atomic mass is 32.1. The van der Waals surface area contributed by atoms with Crippen LogP contribution in [-0.4, -0.2) is 5.11 Å². The lowest BCUT2D eigenvalue weighted by Gasteiger charge is -2.10. The van der Waals surface area contributed by atoms with Gasteiger partial charge in [0, 0.05) is 16.2 Å². The highest BCUT2D eigenvalue weighted by molar-refractivity contribution is 7.12. The molecule has 2 aromatic rings. The second-order valence-electron chi connectivity index (χ2n) is 5.27. The van der Waals surface area contributed by atoms with Crippen molar-refractivity contribution in [3.05, 3.63) is 57.3 Å². The van der Waals surface area contributed by atoms with Crippen molar-refractivity contribution < 1.29 is 5.11 Å². The van der Waals surface area contributed by atoms with E-state index in [-0.39, 0.29) is 6.10 Å². The van der Waals surface area contributed by atoms with E-state index >= 15 is 0 Å². The van der Waals surface area contributed by atoms with Gasteiger partial charge in [0.1, 0.15) is 0 Å². The maximum Gasteiger partial charge on any atom is 0.0922 e. The molecule has 0 aliphatic rings. The molecule has 0 bridgehead atoms. The summed E-state index contributed by atoms with van der Waals surface area (Å²) in [5, 5.41) is 10.3. The summed E-state index contributed by atoms with van der Waals surface area (Å²) in [5.41, 5.74) is 2.55. The van der Waals surface area contributed by atoms with Gasteiger partial charge >= 0.3 is 0 Å². The van der Waals surface area contributed by atoms with Crippen LogP contribution in [0.5, 0.6) is 0 Å². The topological polar surface area (TPSA) is 20.2 Å². The molecule has 0 aliphatic heterocycles. The molecular weight excluding hydrogens is 252 g/mol. The van der Waals surface area contributed by atoms with Gasteiger partial charge in [-0.1, -0.05) is 45.0 Å². The van der Waals surface area contributed by atoms with Crippen molar-refractivity contribution >= 4 is 11.3 Å². The fourth-order valence-electron chi connectivity index (χ4n) is 2.13. The Labute approximate surface area is 119 Å². The van der Waals surface area contributed by atoms with E-state index in [4.69, 9.17) is 0 Å². The Morgan fingerprint density at radius 3 is 2.26 bits per heavy atom. The number of rotatable bonds is 5. The average Bonchev–Trinajstić information content (AvgIpc) is 2.88. The van der Waals surface area contributed by atoms with Crippen LogP contribution in [0.25, 0.3) is 0 Å². The Kier molecular flexibility index (Phi) is 4.78. The predicted octanol–water partition coefficient (Wildman–Crippen LogP) is 4.71. The average molecular weight is 274 g/mol. The van der Waals surface area contributed by atoms with Gasteiger partial charge < -0.3 is 5.11 Å². The van der Waals surface area contributed by atoms with E-state index in [1.54, 1.807) is 11.3 Å². The van der Waals surface area contributed by atoms with E-state index in [0.29, 0.717) is 12.3 Å². The van der Waals surface area contributed by atoms with Crippen LogP contribution in [0, 0.1) is 0 Å². The number of thiophene rings is 1. The molecule has 19 heavy (non-hydrogen) atoms. The summed E-state index contributed by atoms with van der Waals surface area (Å²) >= 11 is 1.72. The molecule has 1 N–H and O–H groups in total. The molecule has 1 heterocycles. The number of aliphatic hydroxyl groups is 1. The lowest BCUT2D eigenvalue weighted by atomic mass is 9.99. The first kappa shape index (κ1) is 14.3. The summed E-state index contributed by atoms with van der Waals surface area (Å²) in [6, 6.07) is 12.8. The molecule has 1 aromatic heterocycles. The quantitative estimate of drug-likeness (QED) is 0.837. The highest BCUT2D eigenvalue weighted by Gasteiger charge is 2.11. The Morgan fingerprint density at radius 1 is 1.05 bits per heavy atom. The van der Waals surface area contributed by atoms with Crippen LogP contribution >= 0.6 is 11.3 Å². The number of hydrogen-bond acceptors (Lipinski definition) is 2. The van der Waals surface area contributed by atoms with Crippen LogP contribution in [0.4, 0.5) is 0 Å². The molecular formula is C17H22OS. The van der Waals surface area contributed by atoms with Gasteiger partial charge in [-0.2, -0.15) is 0 Å². The summed E-state index contributed by atoms with van der Waals surface area (Å²) in [4.78, 5) is 2.41. The Morgan fingerprint density at radius 2 is 1.74 bits per heavy atom. The molecule has 1 nitrogen and oxygen atoms in total. The third-order valence-electron chi connectivity index (χ3n) is 3.43. The van der Waals surface area contributed by atoms with Crippen molar-refractivity contribution in [3.8, 4) is 0 Å². The smallest absolute Gasteiger partial charge is 0.0922 e. The zero-order valence-corrected chi connectivity index (χ0v) is 12.7. The standard InChI is InChI=1S/C17H22OS/c1-4-15-9-10-17(19-15)16(18)11-13-5-7-14(8-6-13)12(2)3/h5-10,12,16,18H,4,11H2,1-3H3. The van der Waals surface area contributed by atoms with Gasteiger partial charge in [-0.25, -0.2) is 0 Å². The van der Waals surface area contributed by atoms with Crippen LogP contribution < -0.4 is 0 Å². The molecule has 0 saturated heterocycles. The first-order chi connectivity index (χ1) is 9.10. The highest BCUT2D eigenvalue weighted by Crippen LogP contribution is 2.26. The van der Waals surface area contributed by atoms with Crippen molar-refractivity contribution in [3.63, 3.8) is 0 Å². The van der Waals surface area contributed by atoms with Crippen LogP contribution in [-0.2, 0) is 12.8 Å². The summed E-state index contributed by atoms with van der Waals surface area (Å²) in [5.74, 6) is 0.559.